The fourth-order valence-corrected chi connectivity index (χ4v) is 2.15. The van der Waals surface area contributed by atoms with E-state index in [4.69, 9.17) is 5.73 Å². The van der Waals surface area contributed by atoms with Crippen LogP contribution in [0.4, 0.5) is 0 Å². The Hall–Kier alpha value is -0.900. The number of halogens is 1. The summed E-state index contributed by atoms with van der Waals surface area (Å²) < 4.78 is 1.07. The Labute approximate surface area is 103 Å². The van der Waals surface area contributed by atoms with Crippen molar-refractivity contribution < 1.29 is 5.11 Å². The van der Waals surface area contributed by atoms with E-state index < -0.39 is 6.10 Å². The van der Waals surface area contributed by atoms with Crippen molar-refractivity contribution in [1.82, 2.24) is 0 Å². The van der Waals surface area contributed by atoms with Crippen molar-refractivity contribution in [3.8, 4) is 0 Å². The molecule has 0 fully saturated rings. The normalized spacial score (nSPS) is 12.9. The van der Waals surface area contributed by atoms with E-state index in [-0.39, 0.29) is 0 Å². The smallest absolute Gasteiger partial charge is 0.0802 e. The summed E-state index contributed by atoms with van der Waals surface area (Å²) in [5.41, 5.74) is 6.36. The highest BCUT2D eigenvalue weighted by Gasteiger charge is 2.06. The minimum Gasteiger partial charge on any atom is -0.388 e. The molecule has 0 aliphatic rings. The molecule has 0 amide bonds. The van der Waals surface area contributed by atoms with Gasteiger partial charge in [0.2, 0.25) is 0 Å². The van der Waals surface area contributed by atoms with Crippen LogP contribution in [0.1, 0.15) is 18.1 Å². The predicted octanol–water partition coefficient (Wildman–Crippen LogP) is 2.98. The van der Waals surface area contributed by atoms with Crippen molar-refractivity contribution in [2.45, 2.75) is 12.5 Å². The van der Waals surface area contributed by atoms with Gasteiger partial charge in [0.05, 0.1) is 6.10 Å². The van der Waals surface area contributed by atoms with Gasteiger partial charge < -0.3 is 10.8 Å². The Morgan fingerprint density at radius 3 is 2.56 bits per heavy atom. The Morgan fingerprint density at radius 2 is 1.81 bits per heavy atom. The van der Waals surface area contributed by atoms with Gasteiger partial charge in [0, 0.05) is 4.47 Å². The number of rotatable bonds is 3. The summed E-state index contributed by atoms with van der Waals surface area (Å²) in [7, 11) is 0. The maximum atomic E-state index is 9.85. The molecule has 0 aliphatic carbocycles. The summed E-state index contributed by atoms with van der Waals surface area (Å²) in [5, 5.41) is 12.1. The quantitative estimate of drug-likeness (QED) is 0.908. The maximum absolute atomic E-state index is 9.85. The highest BCUT2D eigenvalue weighted by Crippen LogP contribution is 2.24. The van der Waals surface area contributed by atoms with Crippen LogP contribution in [-0.2, 0) is 0 Å². The number of aliphatic hydroxyl groups is 1. The lowest BCUT2D eigenvalue weighted by molar-refractivity contribution is 0.170. The molecule has 2 aromatic rings. The van der Waals surface area contributed by atoms with Crippen LogP contribution in [0.5, 0.6) is 0 Å². The minimum absolute atomic E-state index is 0.460. The summed E-state index contributed by atoms with van der Waals surface area (Å²) in [6.45, 7) is 0.500. The van der Waals surface area contributed by atoms with Crippen molar-refractivity contribution in [3.63, 3.8) is 0 Å². The molecule has 0 spiro atoms. The minimum atomic E-state index is -0.460. The van der Waals surface area contributed by atoms with E-state index in [1.165, 1.54) is 0 Å². The number of nitrogens with two attached hydrogens (primary N) is 1. The maximum Gasteiger partial charge on any atom is 0.0802 e. The SMILES string of the molecule is NCCC(O)c1ccc2cc(Br)ccc2c1. The van der Waals surface area contributed by atoms with Gasteiger partial charge in [0.1, 0.15) is 0 Å². The summed E-state index contributed by atoms with van der Waals surface area (Å²) in [6, 6.07) is 12.1. The lowest BCUT2D eigenvalue weighted by atomic mass is 10.0. The molecule has 84 valence electrons. The average molecular weight is 280 g/mol. The Balaban J connectivity index is 2.40. The Morgan fingerprint density at radius 1 is 1.12 bits per heavy atom. The van der Waals surface area contributed by atoms with Crippen LogP contribution in [-0.4, -0.2) is 11.7 Å². The molecule has 0 radical (unpaired) electrons. The Bertz CT molecular complexity index is 498. The molecule has 0 aromatic heterocycles. The van der Waals surface area contributed by atoms with E-state index in [1.807, 2.05) is 30.3 Å². The van der Waals surface area contributed by atoms with Crippen LogP contribution in [0, 0.1) is 0 Å². The molecule has 0 aliphatic heterocycles. The standard InChI is InChI=1S/C13H14BrNO/c14-12-4-3-9-7-11(13(16)5-6-15)2-1-10(9)8-12/h1-4,7-8,13,16H,5-6,15H2. The first-order valence-corrected chi connectivity index (χ1v) is 6.07. The highest BCUT2D eigenvalue weighted by molar-refractivity contribution is 9.10. The van der Waals surface area contributed by atoms with Crippen LogP contribution in [0.2, 0.25) is 0 Å². The van der Waals surface area contributed by atoms with E-state index in [2.05, 4.69) is 22.0 Å². The Kier molecular flexibility index (Phi) is 3.59. The first kappa shape index (κ1) is 11.6. The molecule has 3 heteroatoms. The highest BCUT2D eigenvalue weighted by atomic mass is 79.9. The van der Waals surface area contributed by atoms with Crippen LogP contribution in [0.15, 0.2) is 40.9 Å². The number of hydrogen-bond acceptors (Lipinski definition) is 2. The fourth-order valence-electron chi connectivity index (χ4n) is 1.77. The topological polar surface area (TPSA) is 46.2 Å². The number of aliphatic hydroxyl groups excluding tert-OH is 1. The van der Waals surface area contributed by atoms with Crippen molar-refractivity contribution in [3.05, 3.63) is 46.4 Å². The second-order valence-electron chi connectivity index (χ2n) is 3.84. The van der Waals surface area contributed by atoms with Gasteiger partial charge in [-0.2, -0.15) is 0 Å². The van der Waals surface area contributed by atoms with E-state index >= 15 is 0 Å². The second kappa shape index (κ2) is 4.95. The van der Waals surface area contributed by atoms with E-state index in [0.717, 1.165) is 20.8 Å². The van der Waals surface area contributed by atoms with Crippen LogP contribution in [0.25, 0.3) is 10.8 Å². The lowest BCUT2D eigenvalue weighted by Crippen LogP contribution is -2.06. The zero-order valence-electron chi connectivity index (χ0n) is 8.86. The number of hydrogen-bond donors (Lipinski definition) is 2. The van der Waals surface area contributed by atoms with Gasteiger partial charge >= 0.3 is 0 Å². The molecule has 2 aromatic carbocycles. The molecule has 16 heavy (non-hydrogen) atoms. The third-order valence-electron chi connectivity index (χ3n) is 2.65. The van der Waals surface area contributed by atoms with Crippen LogP contribution in [0.3, 0.4) is 0 Å². The van der Waals surface area contributed by atoms with Gasteiger partial charge in [-0.05, 0) is 47.5 Å². The second-order valence-corrected chi connectivity index (χ2v) is 4.76. The average Bonchev–Trinajstić information content (AvgIpc) is 2.28. The van der Waals surface area contributed by atoms with Gasteiger partial charge in [-0.15, -0.1) is 0 Å². The van der Waals surface area contributed by atoms with Gasteiger partial charge in [-0.1, -0.05) is 34.1 Å². The molecule has 0 saturated carbocycles. The number of benzene rings is 2. The van der Waals surface area contributed by atoms with Gasteiger partial charge in [-0.3, -0.25) is 0 Å². The first-order valence-electron chi connectivity index (χ1n) is 5.28. The predicted molar refractivity (Wildman–Crippen MR) is 70.3 cm³/mol. The third-order valence-corrected chi connectivity index (χ3v) is 3.14. The molecule has 2 nitrogen and oxygen atoms in total. The number of fused-ring (bicyclic) bond motifs is 1. The van der Waals surface area contributed by atoms with E-state index in [0.29, 0.717) is 13.0 Å². The molecule has 0 saturated heterocycles. The monoisotopic (exact) mass is 279 g/mol. The van der Waals surface area contributed by atoms with Gasteiger partial charge in [-0.25, -0.2) is 0 Å². The molecule has 1 unspecified atom stereocenters. The van der Waals surface area contributed by atoms with Crippen LogP contribution < -0.4 is 5.73 Å². The largest absolute Gasteiger partial charge is 0.388 e. The molecule has 0 heterocycles. The molecule has 1 atom stereocenters. The van der Waals surface area contributed by atoms with Gasteiger partial charge in [0.15, 0.2) is 0 Å². The first-order chi connectivity index (χ1) is 7.70. The molecule has 2 rings (SSSR count). The zero-order chi connectivity index (χ0) is 11.5. The fraction of sp³-hybridized carbons (Fsp3) is 0.231. The zero-order valence-corrected chi connectivity index (χ0v) is 10.4. The summed E-state index contributed by atoms with van der Waals surface area (Å²) in [6.07, 6.45) is 0.139. The molecular weight excluding hydrogens is 266 g/mol. The molecule has 3 N–H and O–H groups in total. The lowest BCUT2D eigenvalue weighted by Gasteiger charge is -2.10. The van der Waals surface area contributed by atoms with E-state index in [1.54, 1.807) is 0 Å². The van der Waals surface area contributed by atoms with Gasteiger partial charge in [0.25, 0.3) is 0 Å². The van der Waals surface area contributed by atoms with Crippen molar-refractivity contribution >= 4 is 26.7 Å². The molecule has 0 bridgehead atoms. The van der Waals surface area contributed by atoms with Crippen molar-refractivity contribution in [1.29, 1.82) is 0 Å². The third kappa shape index (κ3) is 2.43. The van der Waals surface area contributed by atoms with Crippen molar-refractivity contribution in [2.24, 2.45) is 5.73 Å². The summed E-state index contributed by atoms with van der Waals surface area (Å²) >= 11 is 3.44. The summed E-state index contributed by atoms with van der Waals surface area (Å²) in [5.74, 6) is 0. The van der Waals surface area contributed by atoms with Crippen molar-refractivity contribution in [2.75, 3.05) is 6.54 Å². The van der Waals surface area contributed by atoms with Crippen LogP contribution >= 0.6 is 15.9 Å². The summed E-state index contributed by atoms with van der Waals surface area (Å²) in [4.78, 5) is 0. The van der Waals surface area contributed by atoms with E-state index in [9.17, 15) is 5.11 Å². The molecular formula is C13H14BrNO.